The van der Waals surface area contributed by atoms with Crippen molar-refractivity contribution in [1.82, 2.24) is 4.90 Å². The summed E-state index contributed by atoms with van der Waals surface area (Å²) in [6.45, 7) is 1.21. The Balaban J connectivity index is 2.11. The zero-order valence-corrected chi connectivity index (χ0v) is 14.0. The van der Waals surface area contributed by atoms with Crippen LogP contribution in [-0.4, -0.2) is 34.9 Å². The number of halogens is 2. The van der Waals surface area contributed by atoms with Gasteiger partial charge in [0.2, 0.25) is 0 Å². The molecule has 0 aromatic carbocycles. The van der Waals surface area contributed by atoms with Crippen LogP contribution in [0.3, 0.4) is 0 Å². The van der Waals surface area contributed by atoms with Gasteiger partial charge in [-0.25, -0.2) is 0 Å². The van der Waals surface area contributed by atoms with E-state index in [0.29, 0.717) is 18.0 Å². The van der Waals surface area contributed by atoms with Gasteiger partial charge in [-0.05, 0) is 50.8 Å². The van der Waals surface area contributed by atoms with Gasteiger partial charge < -0.3 is 15.8 Å². The molecule has 1 aliphatic rings. The molecule has 1 atom stereocenters. The van der Waals surface area contributed by atoms with Crippen LogP contribution >= 0.6 is 43.2 Å². The Morgan fingerprint density at radius 1 is 1.58 bits per heavy atom. The Bertz CT molecular complexity index is 499. The standard InChI is InChI=1S/C11H13Br2N3O2S/c12-7-4-8(19-9(7)13)11(17)16-3-1-2-6(5-16)10(14)15-18/h4,6,18H,1-3,5H2,(H2,14,15). The van der Waals surface area contributed by atoms with Crippen molar-refractivity contribution in [3.05, 3.63) is 19.2 Å². The van der Waals surface area contributed by atoms with Crippen molar-refractivity contribution < 1.29 is 10.0 Å². The fraction of sp³-hybridized carbons (Fsp3) is 0.455. The van der Waals surface area contributed by atoms with E-state index in [1.165, 1.54) is 11.3 Å². The Morgan fingerprint density at radius 3 is 2.89 bits per heavy atom. The lowest BCUT2D eigenvalue weighted by atomic mass is 9.97. The zero-order chi connectivity index (χ0) is 14.0. The molecule has 0 aliphatic carbocycles. The maximum Gasteiger partial charge on any atom is 0.264 e. The van der Waals surface area contributed by atoms with E-state index >= 15 is 0 Å². The van der Waals surface area contributed by atoms with Crippen molar-refractivity contribution in [1.29, 1.82) is 0 Å². The number of hydrogen-bond acceptors (Lipinski definition) is 4. The van der Waals surface area contributed by atoms with Crippen LogP contribution in [0, 0.1) is 5.92 Å². The van der Waals surface area contributed by atoms with Gasteiger partial charge in [0, 0.05) is 23.5 Å². The lowest BCUT2D eigenvalue weighted by molar-refractivity contribution is 0.0706. The van der Waals surface area contributed by atoms with E-state index < -0.39 is 0 Å². The molecule has 1 aromatic rings. The summed E-state index contributed by atoms with van der Waals surface area (Å²) in [5.41, 5.74) is 5.63. The molecule has 1 saturated heterocycles. The van der Waals surface area contributed by atoms with E-state index in [0.717, 1.165) is 21.1 Å². The van der Waals surface area contributed by atoms with Crippen molar-refractivity contribution in [2.24, 2.45) is 16.8 Å². The SMILES string of the molecule is NC(=NO)C1CCCN(C(=O)c2cc(Br)c(Br)s2)C1. The summed E-state index contributed by atoms with van der Waals surface area (Å²) >= 11 is 8.16. The molecule has 1 unspecified atom stereocenters. The molecule has 19 heavy (non-hydrogen) atoms. The van der Waals surface area contributed by atoms with Gasteiger partial charge in [-0.15, -0.1) is 11.3 Å². The minimum atomic E-state index is -0.0606. The summed E-state index contributed by atoms with van der Waals surface area (Å²) in [7, 11) is 0. The molecule has 1 amide bonds. The van der Waals surface area contributed by atoms with E-state index in [1.54, 1.807) is 4.90 Å². The van der Waals surface area contributed by atoms with E-state index in [9.17, 15) is 4.79 Å². The molecular weight excluding hydrogens is 398 g/mol. The monoisotopic (exact) mass is 409 g/mol. The largest absolute Gasteiger partial charge is 0.409 e. The Morgan fingerprint density at radius 2 is 2.32 bits per heavy atom. The molecule has 2 heterocycles. The van der Waals surface area contributed by atoms with Gasteiger partial charge in [0.25, 0.3) is 5.91 Å². The molecule has 0 radical (unpaired) electrons. The van der Waals surface area contributed by atoms with Gasteiger partial charge >= 0.3 is 0 Å². The van der Waals surface area contributed by atoms with Gasteiger partial charge in [0.1, 0.15) is 5.84 Å². The third-order valence-corrected chi connectivity index (χ3v) is 6.34. The molecular formula is C11H13Br2N3O2S. The summed E-state index contributed by atoms with van der Waals surface area (Å²) < 4.78 is 1.78. The molecule has 8 heteroatoms. The first-order valence-corrected chi connectivity index (χ1v) is 8.14. The predicted molar refractivity (Wildman–Crippen MR) is 81.8 cm³/mol. The predicted octanol–water partition coefficient (Wildman–Crippen LogP) is 2.87. The second-order valence-electron chi connectivity index (χ2n) is 4.35. The van der Waals surface area contributed by atoms with E-state index in [-0.39, 0.29) is 17.7 Å². The summed E-state index contributed by atoms with van der Waals surface area (Å²) in [5.74, 6) is 0.132. The van der Waals surface area contributed by atoms with Crippen molar-refractivity contribution in [2.45, 2.75) is 12.8 Å². The number of oxime groups is 1. The van der Waals surface area contributed by atoms with Crippen LogP contribution in [0.1, 0.15) is 22.5 Å². The lowest BCUT2D eigenvalue weighted by Crippen LogP contribution is -2.44. The highest BCUT2D eigenvalue weighted by Crippen LogP contribution is 2.33. The maximum atomic E-state index is 12.4. The number of carbonyl (C=O) groups excluding carboxylic acids is 1. The number of nitrogens with two attached hydrogens (primary N) is 1. The smallest absolute Gasteiger partial charge is 0.264 e. The molecule has 1 fully saturated rings. The summed E-state index contributed by atoms with van der Waals surface area (Å²) in [6.07, 6.45) is 1.71. The van der Waals surface area contributed by atoms with Gasteiger partial charge in [-0.2, -0.15) is 0 Å². The topological polar surface area (TPSA) is 78.9 Å². The van der Waals surface area contributed by atoms with Crippen LogP contribution in [0.4, 0.5) is 0 Å². The highest BCUT2D eigenvalue weighted by Gasteiger charge is 2.28. The van der Waals surface area contributed by atoms with E-state index in [4.69, 9.17) is 10.9 Å². The number of amidine groups is 1. The fourth-order valence-corrected chi connectivity index (χ4v) is 4.10. The minimum Gasteiger partial charge on any atom is -0.409 e. The van der Waals surface area contributed by atoms with E-state index in [1.807, 2.05) is 6.07 Å². The second kappa shape index (κ2) is 6.23. The van der Waals surface area contributed by atoms with Gasteiger partial charge in [0.05, 0.1) is 8.66 Å². The number of rotatable bonds is 2. The third-order valence-electron chi connectivity index (χ3n) is 3.10. The number of hydrogen-bond donors (Lipinski definition) is 2. The number of amides is 1. The molecule has 0 spiro atoms. The van der Waals surface area contributed by atoms with Crippen LogP contribution in [0.15, 0.2) is 19.5 Å². The third kappa shape index (κ3) is 3.29. The highest BCUT2D eigenvalue weighted by molar-refractivity contribution is 9.13. The Hall–Kier alpha value is -0.600. The lowest BCUT2D eigenvalue weighted by Gasteiger charge is -2.31. The van der Waals surface area contributed by atoms with Crippen LogP contribution in [0.2, 0.25) is 0 Å². The molecule has 1 aliphatic heterocycles. The van der Waals surface area contributed by atoms with Crippen molar-refractivity contribution >= 4 is 54.9 Å². The quantitative estimate of drug-likeness (QED) is 0.340. The van der Waals surface area contributed by atoms with Crippen LogP contribution in [-0.2, 0) is 0 Å². The number of carbonyl (C=O) groups is 1. The molecule has 3 N–H and O–H groups in total. The van der Waals surface area contributed by atoms with Gasteiger partial charge in [-0.3, -0.25) is 4.79 Å². The summed E-state index contributed by atoms with van der Waals surface area (Å²) in [5, 5.41) is 11.8. The van der Waals surface area contributed by atoms with Gasteiger partial charge in [0.15, 0.2) is 0 Å². The molecule has 0 bridgehead atoms. The summed E-state index contributed by atoms with van der Waals surface area (Å²) in [4.78, 5) is 14.8. The fourth-order valence-electron chi connectivity index (χ4n) is 2.09. The first kappa shape index (κ1) is 14.8. The van der Waals surface area contributed by atoms with Crippen LogP contribution in [0.25, 0.3) is 0 Å². The Labute approximate surface area is 131 Å². The number of thiophene rings is 1. The second-order valence-corrected chi connectivity index (χ2v) is 7.57. The number of likely N-dealkylation sites (tertiary alicyclic amines) is 1. The number of piperidine rings is 1. The van der Waals surface area contributed by atoms with Crippen molar-refractivity contribution in [3.63, 3.8) is 0 Å². The average molecular weight is 411 g/mol. The van der Waals surface area contributed by atoms with Gasteiger partial charge in [-0.1, -0.05) is 5.16 Å². The first-order valence-electron chi connectivity index (χ1n) is 5.74. The molecule has 5 nitrogen and oxygen atoms in total. The molecule has 2 rings (SSSR count). The minimum absolute atomic E-state index is 0.00756. The molecule has 104 valence electrons. The molecule has 1 aromatic heterocycles. The normalized spacial score (nSPS) is 20.6. The highest BCUT2D eigenvalue weighted by atomic mass is 79.9. The zero-order valence-electron chi connectivity index (χ0n) is 9.97. The van der Waals surface area contributed by atoms with Crippen LogP contribution in [0.5, 0.6) is 0 Å². The Kier molecular flexibility index (Phi) is 4.86. The summed E-state index contributed by atoms with van der Waals surface area (Å²) in [6, 6.07) is 1.81. The van der Waals surface area contributed by atoms with Crippen LogP contribution < -0.4 is 5.73 Å². The first-order chi connectivity index (χ1) is 9.02. The number of nitrogens with zero attached hydrogens (tertiary/aromatic N) is 2. The van der Waals surface area contributed by atoms with Crippen molar-refractivity contribution in [2.75, 3.05) is 13.1 Å². The molecule has 0 saturated carbocycles. The van der Waals surface area contributed by atoms with Crippen molar-refractivity contribution in [3.8, 4) is 0 Å². The maximum absolute atomic E-state index is 12.4. The van der Waals surface area contributed by atoms with E-state index in [2.05, 4.69) is 37.0 Å². The average Bonchev–Trinajstić information content (AvgIpc) is 2.77.